The number of amides is 1. The Morgan fingerprint density at radius 3 is 2.93 bits per heavy atom. The van der Waals surface area contributed by atoms with Crippen LogP contribution < -0.4 is 5.56 Å². The first kappa shape index (κ1) is 20.0. The molecule has 0 aromatic carbocycles. The summed E-state index contributed by atoms with van der Waals surface area (Å²) in [4.78, 5) is 34.0. The molecule has 0 N–H and O–H groups in total. The molecule has 1 aliphatic heterocycles. The molecule has 0 saturated carbocycles. The van der Waals surface area contributed by atoms with Crippen LogP contribution in [0.2, 0.25) is 0 Å². The smallest absolute Gasteiger partial charge is 0.266 e. The lowest BCUT2D eigenvalue weighted by Crippen LogP contribution is -2.49. The molecule has 7 heteroatoms. The third-order valence-corrected chi connectivity index (χ3v) is 6.78. The summed E-state index contributed by atoms with van der Waals surface area (Å²) in [6, 6.07) is 7.18. The van der Waals surface area contributed by atoms with Gasteiger partial charge in [0.2, 0.25) is 0 Å². The number of hydrogen-bond acceptors (Lipinski definition) is 5. The van der Waals surface area contributed by atoms with Crippen molar-refractivity contribution in [2.45, 2.75) is 58.7 Å². The molecular formula is C22H27N3O3S. The Labute approximate surface area is 174 Å². The molecule has 1 aliphatic rings. The minimum Gasteiger partial charge on any atom is -0.354 e. The average Bonchev–Trinajstić information content (AvgIpc) is 3.28. The van der Waals surface area contributed by atoms with Gasteiger partial charge in [-0.05, 0) is 50.3 Å². The van der Waals surface area contributed by atoms with Crippen molar-refractivity contribution >= 4 is 33.1 Å². The molecule has 0 radical (unpaired) electrons. The van der Waals surface area contributed by atoms with E-state index in [0.717, 1.165) is 19.3 Å². The zero-order valence-corrected chi connectivity index (χ0v) is 18.2. The van der Waals surface area contributed by atoms with Crippen LogP contribution in [0.3, 0.4) is 0 Å². The summed E-state index contributed by atoms with van der Waals surface area (Å²) in [7, 11) is 0. The van der Waals surface area contributed by atoms with Crippen LogP contribution in [0.4, 0.5) is 0 Å². The maximum absolute atomic E-state index is 13.6. The fraction of sp³-hybridized carbons (Fsp3) is 0.500. The van der Waals surface area contributed by atoms with E-state index in [1.807, 2.05) is 17.9 Å². The van der Waals surface area contributed by atoms with Gasteiger partial charge in [-0.1, -0.05) is 26.8 Å². The Morgan fingerprint density at radius 1 is 1.41 bits per heavy atom. The predicted molar refractivity (Wildman–Crippen MR) is 116 cm³/mol. The van der Waals surface area contributed by atoms with E-state index in [2.05, 4.69) is 25.8 Å². The van der Waals surface area contributed by atoms with Gasteiger partial charge in [0, 0.05) is 6.20 Å². The maximum Gasteiger partial charge on any atom is 0.266 e. The van der Waals surface area contributed by atoms with Crippen LogP contribution >= 0.6 is 11.3 Å². The third kappa shape index (κ3) is 3.46. The van der Waals surface area contributed by atoms with Crippen LogP contribution in [0, 0.1) is 5.92 Å². The summed E-state index contributed by atoms with van der Waals surface area (Å²) in [5.41, 5.74) is -0.178. The molecule has 0 spiro atoms. The molecule has 29 heavy (non-hydrogen) atoms. The molecule has 0 unspecified atom stereocenters. The third-order valence-electron chi connectivity index (χ3n) is 5.76. The Bertz CT molecular complexity index is 1120. The summed E-state index contributed by atoms with van der Waals surface area (Å²) in [5, 5.41) is 0.485. The fourth-order valence-electron chi connectivity index (χ4n) is 4.01. The Balaban J connectivity index is 1.75. The second kappa shape index (κ2) is 7.54. The molecule has 3 aromatic heterocycles. The average molecular weight is 414 g/mol. The summed E-state index contributed by atoms with van der Waals surface area (Å²) < 4.78 is 7.66. The summed E-state index contributed by atoms with van der Waals surface area (Å²) in [6.07, 6.45) is 4.31. The van der Waals surface area contributed by atoms with Gasteiger partial charge >= 0.3 is 0 Å². The van der Waals surface area contributed by atoms with Gasteiger partial charge < -0.3 is 9.64 Å². The molecule has 0 bridgehead atoms. The highest BCUT2D eigenvalue weighted by molar-refractivity contribution is 7.20. The quantitative estimate of drug-likeness (QED) is 0.625. The number of fused-ring (bicyclic) bond motifs is 2. The Hall–Kier alpha value is -2.25. The number of rotatable bonds is 5. The number of pyridine rings is 1. The zero-order valence-electron chi connectivity index (χ0n) is 17.3. The number of hydrogen-bond donors (Lipinski definition) is 0. The lowest BCUT2D eigenvalue weighted by Gasteiger charge is -2.36. The van der Waals surface area contributed by atoms with Crippen LogP contribution in [0.5, 0.6) is 0 Å². The van der Waals surface area contributed by atoms with Crippen LogP contribution in [-0.4, -0.2) is 38.6 Å². The second-order valence-electron chi connectivity index (χ2n) is 8.33. The normalized spacial score (nSPS) is 22.2. The topological polar surface area (TPSA) is 63.9 Å². The highest BCUT2D eigenvalue weighted by Crippen LogP contribution is 2.37. The number of nitrogens with zero attached hydrogens (tertiary/aromatic N) is 3. The second-order valence-corrected chi connectivity index (χ2v) is 9.36. The molecule has 0 aliphatic carbocycles. The van der Waals surface area contributed by atoms with Crippen LogP contribution in [0.1, 0.15) is 56.6 Å². The number of thiophene rings is 1. The highest BCUT2D eigenvalue weighted by Gasteiger charge is 2.46. The first-order valence-corrected chi connectivity index (χ1v) is 11.0. The molecule has 154 valence electrons. The number of ether oxygens (including phenoxy) is 1. The lowest BCUT2D eigenvalue weighted by atomic mass is 9.99. The van der Waals surface area contributed by atoms with Gasteiger partial charge in [0.25, 0.3) is 11.5 Å². The van der Waals surface area contributed by atoms with E-state index in [9.17, 15) is 9.59 Å². The van der Waals surface area contributed by atoms with E-state index in [1.54, 1.807) is 24.4 Å². The molecule has 4 heterocycles. The van der Waals surface area contributed by atoms with Gasteiger partial charge in [-0.3, -0.25) is 14.0 Å². The van der Waals surface area contributed by atoms with Crippen molar-refractivity contribution in [1.82, 2.24) is 14.3 Å². The lowest BCUT2D eigenvalue weighted by molar-refractivity contribution is -0.0639. The first-order valence-electron chi connectivity index (χ1n) is 10.2. The molecule has 6 nitrogen and oxygen atoms in total. The van der Waals surface area contributed by atoms with Gasteiger partial charge in [0.15, 0.2) is 0 Å². The largest absolute Gasteiger partial charge is 0.354 e. The molecule has 1 saturated heterocycles. The van der Waals surface area contributed by atoms with Gasteiger partial charge in [0.1, 0.15) is 16.2 Å². The van der Waals surface area contributed by atoms with Crippen LogP contribution in [0.15, 0.2) is 35.3 Å². The van der Waals surface area contributed by atoms with Crippen molar-refractivity contribution < 1.29 is 9.53 Å². The van der Waals surface area contributed by atoms with Gasteiger partial charge in [0.05, 0.1) is 22.9 Å². The summed E-state index contributed by atoms with van der Waals surface area (Å²) >= 11 is 1.29. The van der Waals surface area contributed by atoms with E-state index < -0.39 is 5.72 Å². The minimum atomic E-state index is -0.620. The summed E-state index contributed by atoms with van der Waals surface area (Å²) in [5.74, 6) is 0.464. The van der Waals surface area contributed by atoms with E-state index in [-0.39, 0.29) is 17.5 Å². The summed E-state index contributed by atoms with van der Waals surface area (Å²) in [6.45, 7) is 8.99. The SMILES string of the molecule is CC[C@H]1CO[C@@](C)(CCC(C)C)N1C(=O)c1cc2c(=O)n3ccccc3nc2s1. The van der Waals surface area contributed by atoms with Crippen LogP contribution in [0.25, 0.3) is 15.9 Å². The van der Waals surface area contributed by atoms with Crippen molar-refractivity contribution in [3.8, 4) is 0 Å². The van der Waals surface area contributed by atoms with E-state index in [0.29, 0.717) is 33.3 Å². The van der Waals surface area contributed by atoms with Crippen molar-refractivity contribution in [2.75, 3.05) is 6.61 Å². The van der Waals surface area contributed by atoms with Gasteiger partial charge in [-0.25, -0.2) is 4.98 Å². The standard InChI is InChI=1S/C22H27N3O3S/c1-5-15-13-28-22(4,10-9-14(2)3)25(15)21(27)17-12-16-19(29-17)23-18-8-6-7-11-24(18)20(16)26/h6-8,11-12,14-15H,5,9-10,13H2,1-4H3/t15-,22-/m0/s1. The van der Waals surface area contributed by atoms with E-state index in [1.165, 1.54) is 15.7 Å². The van der Waals surface area contributed by atoms with Crippen molar-refractivity contribution in [1.29, 1.82) is 0 Å². The fourth-order valence-corrected chi connectivity index (χ4v) is 4.97. The predicted octanol–water partition coefficient (Wildman–Crippen LogP) is 4.31. The number of aromatic nitrogens is 2. The Kier molecular flexibility index (Phi) is 5.21. The van der Waals surface area contributed by atoms with E-state index in [4.69, 9.17) is 4.74 Å². The van der Waals surface area contributed by atoms with Gasteiger partial charge in [-0.2, -0.15) is 0 Å². The molecule has 2 atom stereocenters. The maximum atomic E-state index is 13.6. The van der Waals surface area contributed by atoms with Crippen molar-refractivity contribution in [2.24, 2.45) is 5.92 Å². The zero-order chi connectivity index (χ0) is 20.8. The van der Waals surface area contributed by atoms with E-state index >= 15 is 0 Å². The van der Waals surface area contributed by atoms with Gasteiger partial charge in [-0.15, -0.1) is 11.3 Å². The number of carbonyl (C=O) groups is 1. The molecular weight excluding hydrogens is 386 g/mol. The minimum absolute atomic E-state index is 0.0398. The van der Waals surface area contributed by atoms with Crippen LogP contribution in [-0.2, 0) is 4.74 Å². The molecule has 1 amide bonds. The molecule has 1 fully saturated rings. The first-order chi connectivity index (χ1) is 13.8. The van der Waals surface area contributed by atoms with Crippen molar-refractivity contribution in [3.05, 3.63) is 45.7 Å². The molecule has 3 aromatic rings. The Morgan fingerprint density at radius 2 is 2.21 bits per heavy atom. The molecule has 4 rings (SSSR count). The number of carbonyl (C=O) groups excluding carboxylic acids is 1. The van der Waals surface area contributed by atoms with Crippen molar-refractivity contribution in [3.63, 3.8) is 0 Å². The highest BCUT2D eigenvalue weighted by atomic mass is 32.1. The monoisotopic (exact) mass is 413 g/mol.